The lowest BCUT2D eigenvalue weighted by Gasteiger charge is -2.40. The van der Waals surface area contributed by atoms with Gasteiger partial charge in [0, 0.05) is 49.8 Å². The van der Waals surface area contributed by atoms with Gasteiger partial charge in [-0.2, -0.15) is 0 Å². The fraction of sp³-hybridized carbons (Fsp3) is 0.391. The average Bonchev–Trinajstić information content (AvgIpc) is 2.82. The molecule has 13 heteroatoms. The van der Waals surface area contributed by atoms with Crippen molar-refractivity contribution in [1.29, 1.82) is 0 Å². The van der Waals surface area contributed by atoms with Crippen molar-refractivity contribution >= 4 is 17.5 Å². The fourth-order valence-electron chi connectivity index (χ4n) is 4.34. The highest BCUT2D eigenvalue weighted by Gasteiger charge is 2.39. The molecule has 0 radical (unpaired) electrons. The molecule has 2 amide bonds. The van der Waals surface area contributed by atoms with E-state index in [1.54, 1.807) is 6.92 Å². The molecule has 0 fully saturated rings. The van der Waals surface area contributed by atoms with Crippen molar-refractivity contribution in [3.05, 3.63) is 62.8 Å². The van der Waals surface area contributed by atoms with Crippen molar-refractivity contribution in [1.82, 2.24) is 14.8 Å². The summed E-state index contributed by atoms with van der Waals surface area (Å²) < 4.78 is 56.0. The molecule has 2 aliphatic rings. The van der Waals surface area contributed by atoms with Gasteiger partial charge < -0.3 is 24.7 Å². The number of nitrogens with zero attached hydrogens (tertiary/aromatic N) is 3. The first-order chi connectivity index (χ1) is 17.1. The van der Waals surface area contributed by atoms with Crippen molar-refractivity contribution in [3.63, 3.8) is 0 Å². The van der Waals surface area contributed by atoms with Crippen molar-refractivity contribution in [2.45, 2.75) is 38.4 Å². The van der Waals surface area contributed by atoms with Gasteiger partial charge in [-0.3, -0.25) is 14.4 Å². The molecule has 2 atom stereocenters. The third kappa shape index (κ3) is 4.64. The van der Waals surface area contributed by atoms with Crippen LogP contribution in [0, 0.1) is 17.5 Å². The number of aromatic nitrogens is 1. The molecule has 4 rings (SSSR count). The summed E-state index contributed by atoms with van der Waals surface area (Å²) in [5, 5.41) is 16.8. The van der Waals surface area contributed by atoms with Crippen LogP contribution in [0.15, 0.2) is 28.3 Å². The Morgan fingerprint density at radius 3 is 2.61 bits per heavy atom. The smallest absolute Gasteiger partial charge is 0.274 e. The molecule has 0 spiro atoms. The number of halogens is 4. The molecular weight excluding hydrogens is 488 g/mol. The minimum absolute atomic E-state index is 0.0165. The number of rotatable bonds is 4. The first-order valence-electron chi connectivity index (χ1n) is 11.0. The number of hydrogen-bond acceptors (Lipinski definition) is 6. The number of carbonyl (C=O) groups is 2. The number of aromatic hydroxyl groups is 1. The van der Waals surface area contributed by atoms with E-state index in [0.717, 1.165) is 6.20 Å². The summed E-state index contributed by atoms with van der Waals surface area (Å²) in [4.78, 5) is 45.1. The van der Waals surface area contributed by atoms with Gasteiger partial charge >= 0.3 is 0 Å². The second-order valence-corrected chi connectivity index (χ2v) is 8.58. The van der Waals surface area contributed by atoms with Crippen molar-refractivity contribution < 1.29 is 37.1 Å². The SMILES string of the molecule is C/C1=N/OCC[C@H](CF)N2C[C@H](C1)n1cc(C(=O)NCc3c(F)cc(F)cc3F)c(=O)c(O)c1C2=O. The summed E-state index contributed by atoms with van der Waals surface area (Å²) in [5.41, 5.74) is -2.30. The van der Waals surface area contributed by atoms with Crippen LogP contribution >= 0.6 is 0 Å². The number of benzene rings is 1. The number of oxime groups is 1. The van der Waals surface area contributed by atoms with E-state index in [9.17, 15) is 37.1 Å². The standard InChI is InChI=1S/C23H22F4N4O5/c1-11-4-14-9-31(13(7-24)2-3-36-29-11)23(35)19-21(33)20(32)16(10-30(14)19)22(34)28-8-15-17(26)5-12(25)6-18(15)27/h5-6,10,13-14,33H,2-4,7-9H2,1H3,(H,28,34)/b29-11-/t13-,14+/m1/s1. The Labute approximate surface area is 201 Å². The van der Waals surface area contributed by atoms with E-state index >= 15 is 0 Å². The number of alkyl halides is 1. The van der Waals surface area contributed by atoms with Gasteiger partial charge in [0.25, 0.3) is 11.8 Å². The maximum absolute atomic E-state index is 13.9. The highest BCUT2D eigenvalue weighted by Crippen LogP contribution is 2.31. The zero-order valence-corrected chi connectivity index (χ0v) is 19.1. The fourth-order valence-corrected chi connectivity index (χ4v) is 4.34. The molecular formula is C23H22F4N4O5. The number of carbonyl (C=O) groups excluding carboxylic acids is 2. The molecule has 0 unspecified atom stereocenters. The molecule has 192 valence electrons. The highest BCUT2D eigenvalue weighted by molar-refractivity contribution is 5.99. The second kappa shape index (κ2) is 9.99. The van der Waals surface area contributed by atoms with Crippen LogP contribution in [-0.4, -0.2) is 58.0 Å². The largest absolute Gasteiger partial charge is 0.503 e. The Balaban J connectivity index is 1.72. The molecule has 2 N–H and O–H groups in total. The zero-order valence-electron chi connectivity index (χ0n) is 19.1. The average molecular weight is 510 g/mol. The van der Waals surface area contributed by atoms with E-state index in [2.05, 4.69) is 10.5 Å². The van der Waals surface area contributed by atoms with Crippen LogP contribution < -0.4 is 10.7 Å². The van der Waals surface area contributed by atoms with Crippen LogP contribution in [0.2, 0.25) is 0 Å². The first kappa shape index (κ1) is 25.2. The number of fused-ring (bicyclic) bond motifs is 4. The molecule has 1 aromatic heterocycles. The lowest BCUT2D eigenvalue weighted by atomic mass is 10.0. The summed E-state index contributed by atoms with van der Waals surface area (Å²) in [6, 6.07) is -0.624. The molecule has 36 heavy (non-hydrogen) atoms. The highest BCUT2D eigenvalue weighted by atomic mass is 19.1. The van der Waals surface area contributed by atoms with Crippen LogP contribution in [0.25, 0.3) is 0 Å². The lowest BCUT2D eigenvalue weighted by molar-refractivity contribution is 0.0424. The van der Waals surface area contributed by atoms with Gasteiger partial charge in [-0.1, -0.05) is 5.16 Å². The monoisotopic (exact) mass is 510 g/mol. The third-order valence-corrected chi connectivity index (χ3v) is 6.16. The molecule has 2 aliphatic heterocycles. The summed E-state index contributed by atoms with van der Waals surface area (Å²) in [5.74, 6) is -6.49. The van der Waals surface area contributed by atoms with Gasteiger partial charge in [-0.15, -0.1) is 0 Å². The Morgan fingerprint density at radius 2 is 1.94 bits per heavy atom. The number of pyridine rings is 1. The Kier molecular flexibility index (Phi) is 7.00. The summed E-state index contributed by atoms with van der Waals surface area (Å²) in [7, 11) is 0. The lowest BCUT2D eigenvalue weighted by Crippen LogP contribution is -2.51. The Morgan fingerprint density at radius 1 is 1.25 bits per heavy atom. The van der Waals surface area contributed by atoms with Gasteiger partial charge in [0.2, 0.25) is 5.43 Å². The van der Waals surface area contributed by atoms with Gasteiger partial charge in [0.1, 0.15) is 36.3 Å². The van der Waals surface area contributed by atoms with Crippen LogP contribution in [0.4, 0.5) is 17.6 Å². The van der Waals surface area contributed by atoms with E-state index in [0.29, 0.717) is 17.8 Å². The van der Waals surface area contributed by atoms with Crippen molar-refractivity contribution in [2.75, 3.05) is 19.8 Å². The van der Waals surface area contributed by atoms with E-state index in [4.69, 9.17) is 4.84 Å². The summed E-state index contributed by atoms with van der Waals surface area (Å²) in [6.45, 7) is 0.148. The van der Waals surface area contributed by atoms with Crippen LogP contribution in [0.5, 0.6) is 5.75 Å². The first-order valence-corrected chi connectivity index (χ1v) is 11.0. The minimum Gasteiger partial charge on any atom is -0.503 e. The van der Waals surface area contributed by atoms with Gasteiger partial charge in [-0.05, 0) is 6.92 Å². The topological polar surface area (TPSA) is 113 Å². The molecule has 0 saturated carbocycles. The molecule has 3 heterocycles. The maximum atomic E-state index is 13.9. The molecule has 1 aromatic carbocycles. The number of hydrogen-bond donors (Lipinski definition) is 2. The van der Waals surface area contributed by atoms with Crippen molar-refractivity contribution in [3.8, 4) is 5.75 Å². The maximum Gasteiger partial charge on any atom is 0.274 e. The van der Waals surface area contributed by atoms with E-state index in [1.165, 1.54) is 9.47 Å². The zero-order chi connectivity index (χ0) is 26.1. The van der Waals surface area contributed by atoms with Gasteiger partial charge in [-0.25, -0.2) is 17.6 Å². The van der Waals surface area contributed by atoms with E-state index in [1.807, 2.05) is 0 Å². The number of nitrogens with one attached hydrogen (secondary N) is 1. The minimum atomic E-state index is -1.23. The Bertz CT molecular complexity index is 1290. The van der Waals surface area contributed by atoms with Crippen LogP contribution in [0.3, 0.4) is 0 Å². The molecule has 2 bridgehead atoms. The third-order valence-electron chi connectivity index (χ3n) is 6.16. The van der Waals surface area contributed by atoms with Crippen LogP contribution in [0.1, 0.15) is 52.2 Å². The van der Waals surface area contributed by atoms with Gasteiger partial charge in [0.15, 0.2) is 11.4 Å². The molecule has 0 aliphatic carbocycles. The summed E-state index contributed by atoms with van der Waals surface area (Å²) >= 11 is 0. The molecule has 0 saturated heterocycles. The predicted octanol–water partition coefficient (Wildman–Crippen LogP) is 2.42. The molecule has 2 aromatic rings. The quantitative estimate of drug-likeness (QED) is 0.614. The van der Waals surface area contributed by atoms with Gasteiger partial charge in [0.05, 0.1) is 17.8 Å². The molecule has 9 nitrogen and oxygen atoms in total. The van der Waals surface area contributed by atoms with Crippen molar-refractivity contribution in [2.24, 2.45) is 5.16 Å². The Hall–Kier alpha value is -3.90. The van der Waals surface area contributed by atoms with E-state index in [-0.39, 0.29) is 26.0 Å². The second-order valence-electron chi connectivity index (χ2n) is 8.58. The summed E-state index contributed by atoms with van der Waals surface area (Å²) in [6.07, 6.45) is 1.38. The number of amides is 2. The van der Waals surface area contributed by atoms with E-state index < -0.39 is 82.6 Å². The predicted molar refractivity (Wildman–Crippen MR) is 118 cm³/mol. The van der Waals surface area contributed by atoms with Crippen LogP contribution in [-0.2, 0) is 11.4 Å². The normalized spacial score (nSPS) is 21.2.